The van der Waals surface area contributed by atoms with Gasteiger partial charge in [-0.05, 0) is 49.4 Å². The highest BCUT2D eigenvalue weighted by molar-refractivity contribution is 7.90. The summed E-state index contributed by atoms with van der Waals surface area (Å²) in [5.41, 5.74) is 1.29. The molecule has 2 heterocycles. The van der Waals surface area contributed by atoms with Crippen molar-refractivity contribution in [2.24, 2.45) is 5.16 Å². The minimum absolute atomic E-state index is 0.00196. The van der Waals surface area contributed by atoms with Crippen molar-refractivity contribution >= 4 is 38.9 Å². The largest absolute Gasteiger partial charge is 0.392 e. The molecule has 0 unspecified atom stereocenters. The second kappa shape index (κ2) is 10.4. The fourth-order valence-electron chi connectivity index (χ4n) is 3.67. The van der Waals surface area contributed by atoms with Crippen LogP contribution >= 0.6 is 11.6 Å². The zero-order valence-electron chi connectivity index (χ0n) is 18.5. The number of sulfone groups is 1. The van der Waals surface area contributed by atoms with E-state index >= 15 is 0 Å². The van der Waals surface area contributed by atoms with E-state index in [4.69, 9.17) is 16.4 Å². The van der Waals surface area contributed by atoms with E-state index in [0.29, 0.717) is 17.9 Å². The summed E-state index contributed by atoms with van der Waals surface area (Å²) in [5, 5.41) is 11.2. The van der Waals surface area contributed by atoms with Crippen LogP contribution in [0.2, 0.25) is 5.02 Å². The minimum atomic E-state index is -3.51. The maximum absolute atomic E-state index is 13.1. The summed E-state index contributed by atoms with van der Waals surface area (Å²) in [4.78, 5) is 22.8. The Balaban J connectivity index is 1.56. The van der Waals surface area contributed by atoms with Crippen LogP contribution in [-0.2, 0) is 26.0 Å². The number of hydrogen-bond acceptors (Lipinski definition) is 7. The predicted octanol–water partition coefficient (Wildman–Crippen LogP) is 3.69. The topological polar surface area (TPSA) is 116 Å². The van der Waals surface area contributed by atoms with Crippen LogP contribution in [0.3, 0.4) is 0 Å². The highest BCUT2D eigenvalue weighted by atomic mass is 35.5. The number of nitrogens with zero attached hydrogens (tertiary/aromatic N) is 4. The van der Waals surface area contributed by atoms with E-state index in [2.05, 4.69) is 20.6 Å². The Morgan fingerprint density at radius 1 is 1.26 bits per heavy atom. The van der Waals surface area contributed by atoms with Crippen molar-refractivity contribution in [2.45, 2.75) is 43.2 Å². The van der Waals surface area contributed by atoms with Crippen molar-refractivity contribution in [1.82, 2.24) is 14.8 Å². The molecule has 4 rings (SSSR count). The molecule has 0 spiro atoms. The minimum Gasteiger partial charge on any atom is -0.392 e. The summed E-state index contributed by atoms with van der Waals surface area (Å²) in [7, 11) is -3.51. The van der Waals surface area contributed by atoms with E-state index in [1.54, 1.807) is 29.3 Å². The van der Waals surface area contributed by atoms with Gasteiger partial charge in [0, 0.05) is 36.5 Å². The molecule has 1 saturated carbocycles. The number of pyridine rings is 1. The lowest BCUT2D eigenvalue weighted by atomic mass is 10.1. The SMILES string of the molecule is CS(=O)(=O)c1ccc(/C(=N\OC2CCCC2)C(=O)Nc2ccn(Cc3cccnc3)n2)cc1Cl. The average Bonchev–Trinajstić information content (AvgIpc) is 3.46. The molecule has 178 valence electrons. The van der Waals surface area contributed by atoms with Gasteiger partial charge < -0.3 is 10.2 Å². The average molecular weight is 502 g/mol. The molecule has 1 aliphatic carbocycles. The van der Waals surface area contributed by atoms with Gasteiger partial charge in [-0.2, -0.15) is 5.10 Å². The number of oxime groups is 1. The molecule has 1 fully saturated rings. The summed E-state index contributed by atoms with van der Waals surface area (Å²) in [6.07, 6.45) is 10.0. The van der Waals surface area contributed by atoms with Crippen molar-refractivity contribution in [3.05, 3.63) is 71.1 Å². The number of halogens is 1. The highest BCUT2D eigenvalue weighted by Gasteiger charge is 2.22. The third kappa shape index (κ3) is 6.00. The molecule has 1 aliphatic rings. The standard InChI is InChI=1S/C23H24ClN5O4S/c1-34(31,32)20-9-8-17(13-19(20)24)22(28-33-18-6-2-3-7-18)23(30)26-21-10-12-29(27-21)15-16-5-4-11-25-14-16/h4-5,8-14,18H,2-3,6-7,15H2,1H3,(H,26,27,30)/b28-22+. The number of benzene rings is 1. The normalized spacial score (nSPS) is 14.8. The molecular formula is C23H24ClN5O4S. The number of hydrogen-bond donors (Lipinski definition) is 1. The Hall–Kier alpha value is -3.24. The predicted molar refractivity (Wildman–Crippen MR) is 129 cm³/mol. The molecule has 0 atom stereocenters. The van der Waals surface area contributed by atoms with Crippen molar-refractivity contribution in [2.75, 3.05) is 11.6 Å². The second-order valence-electron chi connectivity index (χ2n) is 8.08. The fourth-order valence-corrected chi connectivity index (χ4v) is 5.00. The Kier molecular flexibility index (Phi) is 7.28. The lowest BCUT2D eigenvalue weighted by Gasteiger charge is -2.11. The van der Waals surface area contributed by atoms with Crippen LogP contribution in [0.5, 0.6) is 0 Å². The van der Waals surface area contributed by atoms with Crippen molar-refractivity contribution in [1.29, 1.82) is 0 Å². The number of amides is 1. The summed E-state index contributed by atoms with van der Waals surface area (Å²) in [5.74, 6) is -0.214. The molecule has 0 aliphatic heterocycles. The molecular weight excluding hydrogens is 478 g/mol. The first kappa shape index (κ1) is 23.9. The first-order valence-electron chi connectivity index (χ1n) is 10.8. The van der Waals surface area contributed by atoms with Gasteiger partial charge >= 0.3 is 0 Å². The highest BCUT2D eigenvalue weighted by Crippen LogP contribution is 2.25. The number of carbonyl (C=O) groups is 1. The third-order valence-electron chi connectivity index (χ3n) is 5.36. The fraction of sp³-hybridized carbons (Fsp3) is 0.304. The van der Waals surface area contributed by atoms with Gasteiger partial charge in [-0.15, -0.1) is 0 Å². The summed E-state index contributed by atoms with van der Waals surface area (Å²) >= 11 is 6.20. The van der Waals surface area contributed by atoms with E-state index in [1.165, 1.54) is 18.2 Å². The molecule has 0 bridgehead atoms. The zero-order valence-corrected chi connectivity index (χ0v) is 20.1. The van der Waals surface area contributed by atoms with Crippen molar-refractivity contribution in [3.63, 3.8) is 0 Å². The molecule has 9 nitrogen and oxygen atoms in total. The van der Waals surface area contributed by atoms with Gasteiger partial charge in [-0.25, -0.2) is 8.42 Å². The van der Waals surface area contributed by atoms with Crippen LogP contribution < -0.4 is 5.32 Å². The third-order valence-corrected chi connectivity index (χ3v) is 6.94. The molecule has 0 saturated heterocycles. The second-order valence-corrected chi connectivity index (χ2v) is 10.5. The summed E-state index contributed by atoms with van der Waals surface area (Å²) in [6.45, 7) is 0.498. The zero-order chi connectivity index (χ0) is 24.1. The van der Waals surface area contributed by atoms with Crippen LogP contribution in [0.25, 0.3) is 0 Å². The number of nitrogens with one attached hydrogen (secondary N) is 1. The van der Waals surface area contributed by atoms with Crippen molar-refractivity contribution in [3.8, 4) is 0 Å². The van der Waals surface area contributed by atoms with Gasteiger partial charge in [0.25, 0.3) is 5.91 Å². The quantitative estimate of drug-likeness (QED) is 0.372. The van der Waals surface area contributed by atoms with E-state index in [-0.39, 0.29) is 21.7 Å². The van der Waals surface area contributed by atoms with Gasteiger partial charge in [-0.1, -0.05) is 28.9 Å². The van der Waals surface area contributed by atoms with Crippen LogP contribution in [-0.4, -0.2) is 47.2 Å². The molecule has 11 heteroatoms. The Morgan fingerprint density at radius 2 is 2.06 bits per heavy atom. The molecule has 34 heavy (non-hydrogen) atoms. The number of carbonyl (C=O) groups excluding carboxylic acids is 1. The number of rotatable bonds is 8. The van der Waals surface area contributed by atoms with Crippen LogP contribution in [0, 0.1) is 0 Å². The first-order valence-corrected chi connectivity index (χ1v) is 13.0. The van der Waals surface area contributed by atoms with E-state index in [0.717, 1.165) is 37.5 Å². The maximum Gasteiger partial charge on any atom is 0.279 e. The molecule has 2 aromatic heterocycles. The molecule has 1 amide bonds. The Bertz CT molecular complexity index is 1300. The van der Waals surface area contributed by atoms with Gasteiger partial charge in [0.15, 0.2) is 21.4 Å². The van der Waals surface area contributed by atoms with E-state index in [9.17, 15) is 13.2 Å². The van der Waals surface area contributed by atoms with Gasteiger partial charge in [0.1, 0.15) is 6.10 Å². The van der Waals surface area contributed by atoms with Gasteiger partial charge in [0.2, 0.25) is 0 Å². The lowest BCUT2D eigenvalue weighted by Crippen LogP contribution is -2.25. The summed E-state index contributed by atoms with van der Waals surface area (Å²) in [6, 6.07) is 9.68. The molecule has 3 aromatic rings. The number of anilines is 1. The van der Waals surface area contributed by atoms with Crippen LogP contribution in [0.1, 0.15) is 36.8 Å². The first-order chi connectivity index (χ1) is 16.3. The molecule has 0 radical (unpaired) electrons. The monoisotopic (exact) mass is 501 g/mol. The Morgan fingerprint density at radius 3 is 2.74 bits per heavy atom. The van der Waals surface area contributed by atoms with Crippen molar-refractivity contribution < 1.29 is 18.0 Å². The molecule has 1 N–H and O–H groups in total. The number of aromatic nitrogens is 3. The lowest BCUT2D eigenvalue weighted by molar-refractivity contribution is -0.110. The van der Waals surface area contributed by atoms with E-state index < -0.39 is 15.7 Å². The van der Waals surface area contributed by atoms with E-state index in [1.807, 2.05) is 12.1 Å². The smallest absolute Gasteiger partial charge is 0.279 e. The molecule has 1 aromatic carbocycles. The van der Waals surface area contributed by atoms with Gasteiger partial charge in [0.05, 0.1) is 16.5 Å². The summed E-state index contributed by atoms with van der Waals surface area (Å²) < 4.78 is 25.5. The van der Waals surface area contributed by atoms with Crippen LogP contribution in [0.4, 0.5) is 5.82 Å². The Labute approximate surface area is 202 Å². The van der Waals surface area contributed by atoms with Gasteiger partial charge in [-0.3, -0.25) is 14.5 Å². The maximum atomic E-state index is 13.1. The van der Waals surface area contributed by atoms with Crippen LogP contribution in [0.15, 0.2) is 65.0 Å².